The molecule has 1 fully saturated rings. The van der Waals surface area contributed by atoms with Crippen molar-refractivity contribution >= 4 is 17.3 Å². The van der Waals surface area contributed by atoms with Crippen molar-refractivity contribution in [3.63, 3.8) is 0 Å². The molecule has 2 aliphatic rings. The number of anilines is 2. The van der Waals surface area contributed by atoms with Crippen LogP contribution in [0.1, 0.15) is 41.3 Å². The average molecular weight is 437 g/mol. The van der Waals surface area contributed by atoms with Crippen LogP contribution in [0.2, 0.25) is 0 Å². The van der Waals surface area contributed by atoms with E-state index in [-0.39, 0.29) is 5.91 Å². The Bertz CT molecular complexity index is 920. The molecule has 2 aromatic rings. The monoisotopic (exact) mass is 436 g/mol. The number of nitrogens with zero attached hydrogens (tertiary/aromatic N) is 3. The van der Waals surface area contributed by atoms with E-state index in [4.69, 9.17) is 4.74 Å². The zero-order valence-electron chi connectivity index (χ0n) is 19.7. The molecule has 0 aromatic heterocycles. The summed E-state index contributed by atoms with van der Waals surface area (Å²) in [5.41, 5.74) is 5.57. The Morgan fingerprint density at radius 1 is 1.00 bits per heavy atom. The highest BCUT2D eigenvalue weighted by Crippen LogP contribution is 2.36. The van der Waals surface area contributed by atoms with E-state index >= 15 is 0 Å². The minimum atomic E-state index is 0.0999. The fourth-order valence-electron chi connectivity index (χ4n) is 4.66. The lowest BCUT2D eigenvalue weighted by molar-refractivity contribution is 0.0734. The molecule has 32 heavy (non-hydrogen) atoms. The summed E-state index contributed by atoms with van der Waals surface area (Å²) in [5.74, 6) is 1.04. The third kappa shape index (κ3) is 4.85. The number of carbonyl (C=O) groups is 1. The number of hydrogen-bond acceptors (Lipinski definition) is 5. The van der Waals surface area contributed by atoms with E-state index in [0.29, 0.717) is 13.1 Å². The molecule has 0 atom stereocenters. The Balaban J connectivity index is 1.52. The molecule has 1 amide bonds. The van der Waals surface area contributed by atoms with Gasteiger partial charge in [0.1, 0.15) is 5.75 Å². The van der Waals surface area contributed by atoms with Gasteiger partial charge in [-0.15, -0.1) is 0 Å². The molecule has 2 aromatic carbocycles. The van der Waals surface area contributed by atoms with E-state index in [1.165, 1.54) is 23.2 Å². The first-order valence-electron chi connectivity index (χ1n) is 11.9. The number of fused-ring (bicyclic) bond motifs is 1. The van der Waals surface area contributed by atoms with Gasteiger partial charge in [0.2, 0.25) is 0 Å². The van der Waals surface area contributed by atoms with Crippen LogP contribution in [-0.4, -0.2) is 69.1 Å². The van der Waals surface area contributed by atoms with Crippen molar-refractivity contribution in [1.82, 2.24) is 9.80 Å². The van der Waals surface area contributed by atoms with Gasteiger partial charge in [-0.2, -0.15) is 0 Å². The van der Waals surface area contributed by atoms with Crippen LogP contribution in [0.3, 0.4) is 0 Å². The number of rotatable bonds is 7. The van der Waals surface area contributed by atoms with Gasteiger partial charge in [0.25, 0.3) is 5.91 Å². The molecule has 1 saturated heterocycles. The van der Waals surface area contributed by atoms with Crippen molar-refractivity contribution < 1.29 is 9.53 Å². The summed E-state index contributed by atoms with van der Waals surface area (Å²) in [5, 5.41) is 3.42. The van der Waals surface area contributed by atoms with Crippen LogP contribution in [0.15, 0.2) is 36.4 Å². The summed E-state index contributed by atoms with van der Waals surface area (Å²) in [6, 6.07) is 12.2. The highest BCUT2D eigenvalue weighted by Gasteiger charge is 2.28. The van der Waals surface area contributed by atoms with E-state index in [9.17, 15) is 4.79 Å². The van der Waals surface area contributed by atoms with Gasteiger partial charge in [0, 0.05) is 73.9 Å². The molecule has 2 aliphatic heterocycles. The highest BCUT2D eigenvalue weighted by molar-refractivity contribution is 5.95. The number of ether oxygens (including phenoxy) is 1. The quantitative estimate of drug-likeness (QED) is 0.668. The normalized spacial score (nSPS) is 16.6. The van der Waals surface area contributed by atoms with Gasteiger partial charge in [0.05, 0.1) is 7.11 Å². The highest BCUT2D eigenvalue weighted by atomic mass is 16.5. The van der Waals surface area contributed by atoms with Gasteiger partial charge in [-0.1, -0.05) is 13.3 Å². The third-order valence-corrected chi connectivity index (χ3v) is 6.69. The van der Waals surface area contributed by atoms with Crippen molar-refractivity contribution in [2.24, 2.45) is 0 Å². The fraction of sp³-hybridized carbons (Fsp3) is 0.500. The van der Waals surface area contributed by atoms with Crippen molar-refractivity contribution in [1.29, 1.82) is 0 Å². The van der Waals surface area contributed by atoms with Crippen molar-refractivity contribution in [2.45, 2.75) is 32.7 Å². The zero-order chi connectivity index (χ0) is 22.5. The summed E-state index contributed by atoms with van der Waals surface area (Å²) in [4.78, 5) is 20.1. The average Bonchev–Trinajstić information content (AvgIpc) is 2.84. The number of amides is 1. The predicted octanol–water partition coefficient (Wildman–Crippen LogP) is 3.86. The molecule has 2 heterocycles. The van der Waals surface area contributed by atoms with Crippen molar-refractivity contribution in [3.8, 4) is 5.75 Å². The van der Waals surface area contributed by atoms with Gasteiger partial charge in [-0.05, 0) is 56.3 Å². The molecule has 0 bridgehead atoms. The lowest BCUT2D eigenvalue weighted by Gasteiger charge is -2.38. The number of methoxy groups -OCH3 is 1. The first kappa shape index (κ1) is 22.5. The summed E-state index contributed by atoms with van der Waals surface area (Å²) in [6.07, 6.45) is 3.14. The maximum absolute atomic E-state index is 13.3. The predicted molar refractivity (Wildman–Crippen MR) is 131 cm³/mol. The number of hydrogen-bond donors (Lipinski definition) is 1. The Kier molecular flexibility index (Phi) is 7.20. The Labute approximate surface area is 192 Å². The molecule has 4 rings (SSSR count). The van der Waals surface area contributed by atoms with E-state index in [2.05, 4.69) is 41.2 Å². The Morgan fingerprint density at radius 2 is 1.75 bits per heavy atom. The molecular weight excluding hydrogens is 400 g/mol. The Morgan fingerprint density at radius 3 is 2.44 bits per heavy atom. The minimum Gasteiger partial charge on any atom is -0.496 e. The van der Waals surface area contributed by atoms with Gasteiger partial charge in [0.15, 0.2) is 0 Å². The van der Waals surface area contributed by atoms with Crippen LogP contribution in [0.4, 0.5) is 11.4 Å². The molecule has 0 unspecified atom stereocenters. The molecule has 1 N–H and O–H groups in total. The van der Waals surface area contributed by atoms with Crippen molar-refractivity contribution in [3.05, 3.63) is 53.1 Å². The largest absolute Gasteiger partial charge is 0.496 e. The molecule has 0 spiro atoms. The zero-order valence-corrected chi connectivity index (χ0v) is 19.7. The van der Waals surface area contributed by atoms with Crippen molar-refractivity contribution in [2.75, 3.05) is 63.6 Å². The second kappa shape index (κ2) is 10.3. The number of nitrogens with one attached hydrogen (secondary N) is 1. The maximum Gasteiger partial charge on any atom is 0.254 e. The van der Waals surface area contributed by atoms with Crippen LogP contribution in [0, 0.1) is 0 Å². The number of carbonyl (C=O) groups excluding carboxylic acids is 1. The maximum atomic E-state index is 13.3. The van der Waals surface area contributed by atoms with Gasteiger partial charge >= 0.3 is 0 Å². The first-order chi connectivity index (χ1) is 15.6. The smallest absolute Gasteiger partial charge is 0.254 e. The third-order valence-electron chi connectivity index (χ3n) is 6.69. The molecule has 172 valence electrons. The van der Waals surface area contributed by atoms with E-state index in [1.807, 2.05) is 29.2 Å². The number of piperazine rings is 1. The number of likely N-dealkylation sites (N-methyl/N-ethyl adjacent to an activating group) is 1. The molecular formula is C26H36N4O2. The molecule has 0 radical (unpaired) electrons. The SMILES string of the molecule is CCCCNc1ccc(C(=O)N2CCc3c(OC)ccc(N4CCN(C)CC4)c3C2)cc1. The van der Waals surface area contributed by atoms with Gasteiger partial charge < -0.3 is 24.8 Å². The van der Waals surface area contributed by atoms with E-state index in [1.54, 1.807) is 7.11 Å². The van der Waals surface area contributed by atoms with E-state index in [0.717, 1.165) is 62.6 Å². The second-order valence-corrected chi connectivity index (χ2v) is 8.87. The lowest BCUT2D eigenvalue weighted by atomic mass is 9.95. The van der Waals surface area contributed by atoms with Crippen LogP contribution in [-0.2, 0) is 13.0 Å². The van der Waals surface area contributed by atoms with Gasteiger partial charge in [-0.3, -0.25) is 4.79 Å². The molecule has 0 aliphatic carbocycles. The standard InChI is InChI=1S/C26H36N4O2/c1-4-5-13-27-21-8-6-20(7-9-21)26(31)30-14-12-22-23(19-30)24(10-11-25(22)32-3)29-17-15-28(2)16-18-29/h6-11,27H,4-5,12-19H2,1-3H3. The minimum absolute atomic E-state index is 0.0999. The number of unbranched alkanes of at least 4 members (excludes halogenated alkanes) is 1. The fourth-order valence-corrected chi connectivity index (χ4v) is 4.66. The van der Waals surface area contributed by atoms with Gasteiger partial charge in [-0.25, -0.2) is 0 Å². The molecule has 6 nitrogen and oxygen atoms in total. The summed E-state index contributed by atoms with van der Waals surface area (Å²) in [7, 11) is 3.91. The Hall–Kier alpha value is -2.73. The van der Waals surface area contributed by atoms with Crippen LogP contribution in [0.25, 0.3) is 0 Å². The molecule has 6 heteroatoms. The van der Waals surface area contributed by atoms with Crippen LogP contribution in [0.5, 0.6) is 5.75 Å². The summed E-state index contributed by atoms with van der Waals surface area (Å²) >= 11 is 0. The van der Waals surface area contributed by atoms with Crippen LogP contribution >= 0.6 is 0 Å². The lowest BCUT2D eigenvalue weighted by Crippen LogP contribution is -2.45. The van der Waals surface area contributed by atoms with Crippen LogP contribution < -0.4 is 15.0 Å². The molecule has 0 saturated carbocycles. The summed E-state index contributed by atoms with van der Waals surface area (Å²) < 4.78 is 5.67. The number of benzene rings is 2. The second-order valence-electron chi connectivity index (χ2n) is 8.87. The summed E-state index contributed by atoms with van der Waals surface area (Å²) in [6.45, 7) is 8.62. The first-order valence-corrected chi connectivity index (χ1v) is 11.9. The topological polar surface area (TPSA) is 48.1 Å². The van der Waals surface area contributed by atoms with E-state index < -0.39 is 0 Å².